The molecule has 1 rings (SSSR count). The molecule has 1 atom stereocenters. The zero-order chi connectivity index (χ0) is 25.2. The lowest BCUT2D eigenvalue weighted by atomic mass is 9.96. The Morgan fingerprint density at radius 3 is 2.45 bits per heavy atom. The maximum atomic E-state index is 12.4. The highest BCUT2D eigenvalue weighted by Gasteiger charge is 2.13. The average Bonchev–Trinajstić information content (AvgIpc) is 2.69. The number of ether oxygens (including phenoxy) is 1. The lowest BCUT2D eigenvalue weighted by molar-refractivity contribution is -0.118. The second-order valence-corrected chi connectivity index (χ2v) is 9.53. The summed E-state index contributed by atoms with van der Waals surface area (Å²) in [4.78, 5) is 24.5. The van der Waals surface area contributed by atoms with Gasteiger partial charge in [-0.3, -0.25) is 9.59 Å². The number of carbonyl (C=O) groups is 2. The first kappa shape index (κ1) is 28.4. The van der Waals surface area contributed by atoms with Gasteiger partial charge in [-0.25, -0.2) is 0 Å². The number of aromatic hydroxyl groups is 1. The van der Waals surface area contributed by atoms with E-state index in [9.17, 15) is 19.8 Å². The molecule has 2 N–H and O–H groups in total. The van der Waals surface area contributed by atoms with E-state index in [1.165, 1.54) is 12.2 Å². The van der Waals surface area contributed by atoms with Crippen LogP contribution >= 0.6 is 0 Å². The molecule has 0 aliphatic rings. The molecule has 0 fully saturated rings. The number of phenolic OH excluding ortho intramolecular Hbond substituents is 1. The zero-order valence-electron chi connectivity index (χ0n) is 21.2. The maximum Gasteiger partial charge on any atom is 0.159 e. The summed E-state index contributed by atoms with van der Waals surface area (Å²) in [7, 11) is 1.61. The molecule has 1 aromatic carbocycles. The van der Waals surface area contributed by atoms with E-state index in [0.29, 0.717) is 12.8 Å². The Kier molecular flexibility index (Phi) is 11.3. The minimum atomic E-state index is -0.991. The maximum absolute atomic E-state index is 12.4. The van der Waals surface area contributed by atoms with Crippen molar-refractivity contribution in [1.29, 1.82) is 0 Å². The Morgan fingerprint density at radius 1 is 1.18 bits per heavy atom. The number of carbonyl (C=O) groups excluding carboxylic acids is 2. The van der Waals surface area contributed by atoms with Crippen LogP contribution in [0.2, 0.25) is 0 Å². The standard InChI is InChI=1S/C28H40O5/c1-19(9-8-10-21(3)26(31)13-14-28(5,6)32)15-24(29)16-20(2)11-12-23-18-25(30)17-22(4)27(23)33-7/h11,13-15,17-18,21,30,32H,8-10,12,16H2,1-7H3/b14-13+,19-15-,20-11+/t21-/m0/s1. The Morgan fingerprint density at radius 2 is 1.85 bits per heavy atom. The van der Waals surface area contributed by atoms with E-state index < -0.39 is 5.60 Å². The fourth-order valence-corrected chi connectivity index (χ4v) is 3.58. The molecule has 5 heteroatoms. The molecule has 0 unspecified atom stereocenters. The predicted octanol–water partition coefficient (Wildman–Crippen LogP) is 5.81. The molecular weight excluding hydrogens is 416 g/mol. The first-order valence-corrected chi connectivity index (χ1v) is 11.5. The number of hydrogen-bond donors (Lipinski definition) is 2. The van der Waals surface area contributed by atoms with Crippen LogP contribution in [0.3, 0.4) is 0 Å². The second-order valence-electron chi connectivity index (χ2n) is 9.53. The quantitative estimate of drug-likeness (QED) is 0.289. The molecule has 1 aromatic rings. The number of aliphatic hydroxyl groups is 1. The van der Waals surface area contributed by atoms with Gasteiger partial charge >= 0.3 is 0 Å². The van der Waals surface area contributed by atoms with E-state index in [2.05, 4.69) is 0 Å². The largest absolute Gasteiger partial charge is 0.508 e. The van der Waals surface area contributed by atoms with Crippen molar-refractivity contribution >= 4 is 11.6 Å². The van der Waals surface area contributed by atoms with Gasteiger partial charge in [-0.2, -0.15) is 0 Å². The fraction of sp³-hybridized carbons (Fsp3) is 0.500. The van der Waals surface area contributed by atoms with E-state index in [-0.39, 0.29) is 23.2 Å². The minimum Gasteiger partial charge on any atom is -0.508 e. The first-order chi connectivity index (χ1) is 15.3. The van der Waals surface area contributed by atoms with Crippen molar-refractivity contribution in [3.63, 3.8) is 0 Å². The summed E-state index contributed by atoms with van der Waals surface area (Å²) >= 11 is 0. The number of methoxy groups -OCH3 is 1. The SMILES string of the molecule is COc1c(C)cc(O)cc1C/C=C(\C)CC(=O)/C=C(/C)CCC[C@H](C)C(=O)/C=C/C(C)(C)O. The lowest BCUT2D eigenvalue weighted by Gasteiger charge is -2.12. The third kappa shape index (κ3) is 11.2. The molecule has 33 heavy (non-hydrogen) atoms. The lowest BCUT2D eigenvalue weighted by Crippen LogP contribution is -2.16. The number of hydrogen-bond acceptors (Lipinski definition) is 5. The predicted molar refractivity (Wildman–Crippen MR) is 134 cm³/mol. The topological polar surface area (TPSA) is 83.8 Å². The summed E-state index contributed by atoms with van der Waals surface area (Å²) in [5.74, 6) is 0.900. The average molecular weight is 457 g/mol. The van der Waals surface area contributed by atoms with Crippen molar-refractivity contribution in [1.82, 2.24) is 0 Å². The summed E-state index contributed by atoms with van der Waals surface area (Å²) in [6.07, 6.45) is 9.90. The molecule has 0 radical (unpaired) electrons. The number of rotatable bonds is 13. The van der Waals surface area contributed by atoms with Crippen molar-refractivity contribution in [2.45, 2.75) is 79.2 Å². The summed E-state index contributed by atoms with van der Waals surface area (Å²) in [5, 5.41) is 19.5. The van der Waals surface area contributed by atoms with Crippen LogP contribution in [-0.2, 0) is 16.0 Å². The van der Waals surface area contributed by atoms with Crippen molar-refractivity contribution in [3.05, 3.63) is 58.7 Å². The van der Waals surface area contributed by atoms with E-state index in [1.807, 2.05) is 33.8 Å². The van der Waals surface area contributed by atoms with Crippen LogP contribution in [-0.4, -0.2) is 34.5 Å². The summed E-state index contributed by atoms with van der Waals surface area (Å²) in [6, 6.07) is 3.35. The number of aryl methyl sites for hydroxylation is 1. The molecule has 0 aromatic heterocycles. The summed E-state index contributed by atoms with van der Waals surface area (Å²) < 4.78 is 5.44. The second kappa shape index (κ2) is 13.1. The van der Waals surface area contributed by atoms with Gasteiger partial charge in [0.05, 0.1) is 12.7 Å². The third-order valence-electron chi connectivity index (χ3n) is 5.42. The number of benzene rings is 1. The van der Waals surface area contributed by atoms with Crippen LogP contribution in [0.1, 0.15) is 71.4 Å². The van der Waals surface area contributed by atoms with E-state index >= 15 is 0 Å². The molecule has 0 spiro atoms. The van der Waals surface area contributed by atoms with Crippen LogP contribution in [0, 0.1) is 12.8 Å². The summed E-state index contributed by atoms with van der Waals surface area (Å²) in [5.41, 5.74) is 2.73. The van der Waals surface area contributed by atoms with Crippen LogP contribution < -0.4 is 4.74 Å². The number of phenols is 1. The zero-order valence-corrected chi connectivity index (χ0v) is 21.2. The van der Waals surface area contributed by atoms with E-state index in [0.717, 1.165) is 47.3 Å². The van der Waals surface area contributed by atoms with E-state index in [1.54, 1.807) is 39.2 Å². The first-order valence-electron chi connectivity index (χ1n) is 11.5. The van der Waals surface area contributed by atoms with Crippen LogP contribution in [0.5, 0.6) is 11.5 Å². The van der Waals surface area contributed by atoms with Crippen molar-refractivity contribution in [2.24, 2.45) is 5.92 Å². The molecule has 0 saturated carbocycles. The molecule has 182 valence electrons. The Hall–Kier alpha value is -2.66. The Labute approximate surface area is 198 Å². The highest BCUT2D eigenvalue weighted by atomic mass is 16.5. The van der Waals surface area contributed by atoms with Crippen molar-refractivity contribution in [2.75, 3.05) is 7.11 Å². The molecular formula is C28H40O5. The number of allylic oxidation sites excluding steroid dienone is 5. The van der Waals surface area contributed by atoms with Gasteiger partial charge in [0.2, 0.25) is 0 Å². The molecule has 0 amide bonds. The molecule has 0 saturated heterocycles. The molecule has 0 aliphatic heterocycles. The summed E-state index contributed by atoms with van der Waals surface area (Å²) in [6.45, 7) is 10.9. The van der Waals surface area contributed by atoms with Crippen molar-refractivity contribution < 1.29 is 24.5 Å². The monoisotopic (exact) mass is 456 g/mol. The Bertz CT molecular complexity index is 913. The molecule has 0 aliphatic carbocycles. The van der Waals surface area contributed by atoms with Gasteiger partial charge in [-0.1, -0.05) is 30.2 Å². The van der Waals surface area contributed by atoms with E-state index in [4.69, 9.17) is 4.74 Å². The smallest absolute Gasteiger partial charge is 0.159 e. The minimum absolute atomic E-state index is 0.00848. The van der Waals surface area contributed by atoms with Gasteiger partial charge in [0.1, 0.15) is 11.5 Å². The fourth-order valence-electron chi connectivity index (χ4n) is 3.58. The normalized spacial score (nSPS) is 13.9. The van der Waals surface area contributed by atoms with Gasteiger partial charge in [0.15, 0.2) is 11.6 Å². The highest BCUT2D eigenvalue weighted by Crippen LogP contribution is 2.29. The molecule has 5 nitrogen and oxygen atoms in total. The third-order valence-corrected chi connectivity index (χ3v) is 5.42. The Balaban J connectivity index is 2.56. The highest BCUT2D eigenvalue weighted by molar-refractivity contribution is 5.92. The van der Waals surface area contributed by atoms with Gasteiger partial charge in [-0.15, -0.1) is 0 Å². The van der Waals surface area contributed by atoms with Crippen LogP contribution in [0.25, 0.3) is 0 Å². The van der Waals surface area contributed by atoms with Crippen LogP contribution in [0.4, 0.5) is 0 Å². The van der Waals surface area contributed by atoms with Gasteiger partial charge < -0.3 is 14.9 Å². The molecule has 0 bridgehead atoms. The van der Waals surface area contributed by atoms with Gasteiger partial charge in [0.25, 0.3) is 0 Å². The molecule has 0 heterocycles. The van der Waals surface area contributed by atoms with Crippen molar-refractivity contribution in [3.8, 4) is 11.5 Å². The number of ketones is 2. The van der Waals surface area contributed by atoms with Gasteiger partial charge in [0, 0.05) is 17.9 Å². The van der Waals surface area contributed by atoms with Crippen LogP contribution in [0.15, 0.2) is 47.6 Å². The van der Waals surface area contributed by atoms with Gasteiger partial charge in [-0.05, 0) is 90.2 Å².